The van der Waals surface area contributed by atoms with Crippen molar-refractivity contribution in [1.29, 1.82) is 0 Å². The number of hydrogen-bond acceptors (Lipinski definition) is 4. The number of halogens is 2. The number of hydrogen-bond donors (Lipinski definition) is 1. The zero-order valence-electron chi connectivity index (χ0n) is 15.3. The lowest BCUT2D eigenvalue weighted by atomic mass is 9.96. The molecule has 1 N–H and O–H groups in total. The lowest BCUT2D eigenvalue weighted by Gasteiger charge is -2.31. The van der Waals surface area contributed by atoms with E-state index in [4.69, 9.17) is 23.2 Å². The summed E-state index contributed by atoms with van der Waals surface area (Å²) in [5.74, 6) is -0.0758. The summed E-state index contributed by atoms with van der Waals surface area (Å²) in [5, 5.41) is 3.46. The highest BCUT2D eigenvalue weighted by Crippen LogP contribution is 2.26. The molecule has 1 fully saturated rings. The van der Waals surface area contributed by atoms with Gasteiger partial charge in [0, 0.05) is 23.2 Å². The number of nitrogens with one attached hydrogen (secondary N) is 1. The number of carbonyl (C=O) groups is 1. The van der Waals surface area contributed by atoms with Crippen molar-refractivity contribution in [3.05, 3.63) is 58.6 Å². The van der Waals surface area contributed by atoms with Crippen LogP contribution in [0.3, 0.4) is 0 Å². The number of anilines is 1. The Bertz CT molecular complexity index is 928. The van der Waals surface area contributed by atoms with E-state index in [1.54, 1.807) is 6.07 Å². The van der Waals surface area contributed by atoms with Gasteiger partial charge in [0.25, 0.3) is 0 Å². The monoisotopic (exact) mass is 440 g/mol. The first-order chi connectivity index (χ1) is 13.3. The highest BCUT2D eigenvalue weighted by atomic mass is 35.5. The Labute approximate surface area is 175 Å². The Hall–Kier alpha value is -1.60. The summed E-state index contributed by atoms with van der Waals surface area (Å²) >= 11 is 11.9. The molecule has 2 aromatic rings. The second kappa shape index (κ2) is 9.27. The minimum Gasteiger partial charge on any atom is -0.326 e. The molecule has 1 amide bonds. The van der Waals surface area contributed by atoms with Crippen LogP contribution in [0.1, 0.15) is 12.8 Å². The summed E-state index contributed by atoms with van der Waals surface area (Å²) < 4.78 is 25.2. The highest BCUT2D eigenvalue weighted by molar-refractivity contribution is 7.91. The molecule has 0 radical (unpaired) electrons. The van der Waals surface area contributed by atoms with Crippen molar-refractivity contribution in [3.63, 3.8) is 0 Å². The van der Waals surface area contributed by atoms with Crippen molar-refractivity contribution < 1.29 is 13.2 Å². The van der Waals surface area contributed by atoms with Gasteiger partial charge >= 0.3 is 0 Å². The molecule has 5 nitrogen and oxygen atoms in total. The fourth-order valence-electron chi connectivity index (χ4n) is 3.26. The van der Waals surface area contributed by atoms with Crippen molar-refractivity contribution in [2.45, 2.75) is 17.7 Å². The number of piperidine rings is 1. The van der Waals surface area contributed by atoms with Crippen LogP contribution in [0.15, 0.2) is 53.4 Å². The molecule has 0 spiro atoms. The van der Waals surface area contributed by atoms with Gasteiger partial charge in [-0.1, -0.05) is 41.4 Å². The van der Waals surface area contributed by atoms with E-state index in [2.05, 4.69) is 10.2 Å². The van der Waals surface area contributed by atoms with Gasteiger partial charge in [-0.15, -0.1) is 0 Å². The zero-order chi connectivity index (χ0) is 20.1. The van der Waals surface area contributed by atoms with Gasteiger partial charge in [0.05, 0.1) is 15.7 Å². The van der Waals surface area contributed by atoms with Crippen LogP contribution in [0.2, 0.25) is 10.0 Å². The molecule has 0 aliphatic carbocycles. The number of sulfone groups is 1. The van der Waals surface area contributed by atoms with Crippen LogP contribution in [0.4, 0.5) is 5.69 Å². The molecular weight excluding hydrogens is 419 g/mol. The smallest absolute Gasteiger partial charge is 0.227 e. The third-order valence-electron chi connectivity index (χ3n) is 4.90. The number of amides is 1. The van der Waals surface area contributed by atoms with Crippen molar-refractivity contribution in [2.75, 3.05) is 30.7 Å². The molecule has 8 heteroatoms. The Morgan fingerprint density at radius 3 is 2.43 bits per heavy atom. The first-order valence-corrected chi connectivity index (χ1v) is 11.5. The first-order valence-electron chi connectivity index (χ1n) is 9.11. The Balaban J connectivity index is 1.50. The first kappa shape index (κ1) is 21.1. The van der Waals surface area contributed by atoms with Gasteiger partial charge in [-0.25, -0.2) is 8.42 Å². The van der Waals surface area contributed by atoms with Gasteiger partial charge in [-0.2, -0.15) is 0 Å². The quantitative estimate of drug-likeness (QED) is 0.733. The average molecular weight is 441 g/mol. The fourth-order valence-corrected chi connectivity index (χ4v) is 5.36. The van der Waals surface area contributed by atoms with Crippen molar-refractivity contribution in [1.82, 2.24) is 4.90 Å². The summed E-state index contributed by atoms with van der Waals surface area (Å²) in [6, 6.07) is 13.8. The minimum atomic E-state index is -3.52. The maximum Gasteiger partial charge on any atom is 0.227 e. The standard InChI is InChI=1S/C20H22Cl2N2O3S/c21-16-6-7-18(22)19(14-16)28(26,27)13-12-24-10-8-15(9-11-24)20(25)23-17-4-2-1-3-5-17/h1-7,14-15H,8-13H2,(H,23,25). The largest absolute Gasteiger partial charge is 0.326 e. The van der Waals surface area contributed by atoms with Gasteiger partial charge in [0.2, 0.25) is 5.91 Å². The molecule has 0 saturated carbocycles. The molecule has 1 aliphatic rings. The van der Waals surface area contributed by atoms with Crippen LogP contribution in [-0.4, -0.2) is 44.6 Å². The van der Waals surface area contributed by atoms with E-state index in [1.165, 1.54) is 12.1 Å². The maximum absolute atomic E-state index is 12.6. The average Bonchev–Trinajstić information content (AvgIpc) is 2.69. The van der Waals surface area contributed by atoms with E-state index in [-0.39, 0.29) is 27.5 Å². The lowest BCUT2D eigenvalue weighted by molar-refractivity contribution is -0.121. The van der Waals surface area contributed by atoms with Gasteiger partial charge in [0.15, 0.2) is 9.84 Å². The van der Waals surface area contributed by atoms with Crippen LogP contribution in [-0.2, 0) is 14.6 Å². The van der Waals surface area contributed by atoms with Gasteiger partial charge in [-0.3, -0.25) is 4.79 Å². The van der Waals surface area contributed by atoms with Gasteiger partial charge in [0.1, 0.15) is 0 Å². The molecular formula is C20H22Cl2N2O3S. The van der Waals surface area contributed by atoms with Gasteiger partial charge in [-0.05, 0) is 56.3 Å². The second-order valence-corrected chi connectivity index (χ2v) is 9.79. The van der Waals surface area contributed by atoms with Crippen molar-refractivity contribution in [2.24, 2.45) is 5.92 Å². The molecule has 0 atom stereocenters. The highest BCUT2D eigenvalue weighted by Gasteiger charge is 2.26. The summed E-state index contributed by atoms with van der Waals surface area (Å²) in [7, 11) is -3.52. The maximum atomic E-state index is 12.6. The molecule has 0 unspecified atom stereocenters. The second-order valence-electron chi connectivity index (χ2n) is 6.86. The number of nitrogens with zero attached hydrogens (tertiary/aromatic N) is 1. The molecule has 150 valence electrons. The van der Waals surface area contributed by atoms with E-state index >= 15 is 0 Å². The number of rotatable bonds is 6. The van der Waals surface area contributed by atoms with Crippen LogP contribution in [0, 0.1) is 5.92 Å². The van der Waals surface area contributed by atoms with E-state index < -0.39 is 9.84 Å². The Morgan fingerprint density at radius 2 is 1.75 bits per heavy atom. The molecule has 28 heavy (non-hydrogen) atoms. The van der Waals surface area contributed by atoms with E-state index in [0.29, 0.717) is 37.5 Å². The van der Waals surface area contributed by atoms with Gasteiger partial charge < -0.3 is 10.2 Å². The Morgan fingerprint density at radius 1 is 1.07 bits per heavy atom. The SMILES string of the molecule is O=C(Nc1ccccc1)C1CCN(CCS(=O)(=O)c2cc(Cl)ccc2Cl)CC1. The molecule has 1 saturated heterocycles. The summed E-state index contributed by atoms with van der Waals surface area (Å²) in [6.07, 6.45) is 1.41. The van der Waals surface area contributed by atoms with E-state index in [0.717, 1.165) is 5.69 Å². The number of benzene rings is 2. The van der Waals surface area contributed by atoms with Crippen LogP contribution in [0.5, 0.6) is 0 Å². The summed E-state index contributed by atoms with van der Waals surface area (Å²) in [5.41, 5.74) is 0.791. The number of para-hydroxylation sites is 1. The Kier molecular flexibility index (Phi) is 6.99. The third kappa shape index (κ3) is 5.47. The lowest BCUT2D eigenvalue weighted by Crippen LogP contribution is -2.40. The van der Waals surface area contributed by atoms with E-state index in [1.807, 2.05) is 30.3 Å². The summed E-state index contributed by atoms with van der Waals surface area (Å²) in [4.78, 5) is 14.5. The fraction of sp³-hybridized carbons (Fsp3) is 0.350. The normalized spacial score (nSPS) is 16.1. The molecule has 1 heterocycles. The van der Waals surface area contributed by atoms with Crippen LogP contribution >= 0.6 is 23.2 Å². The van der Waals surface area contributed by atoms with Crippen LogP contribution < -0.4 is 5.32 Å². The van der Waals surface area contributed by atoms with Crippen molar-refractivity contribution in [3.8, 4) is 0 Å². The predicted octanol–water partition coefficient (Wildman–Crippen LogP) is 4.12. The topological polar surface area (TPSA) is 66.5 Å². The molecule has 0 bridgehead atoms. The zero-order valence-corrected chi connectivity index (χ0v) is 17.6. The number of likely N-dealkylation sites (tertiary alicyclic amines) is 1. The molecule has 2 aromatic carbocycles. The van der Waals surface area contributed by atoms with Crippen molar-refractivity contribution >= 4 is 44.6 Å². The third-order valence-corrected chi connectivity index (χ3v) is 7.31. The molecule has 1 aliphatic heterocycles. The molecule has 0 aromatic heterocycles. The van der Waals surface area contributed by atoms with Crippen LogP contribution in [0.25, 0.3) is 0 Å². The molecule has 3 rings (SSSR count). The predicted molar refractivity (Wildman–Crippen MR) is 113 cm³/mol. The summed E-state index contributed by atoms with van der Waals surface area (Å²) in [6.45, 7) is 1.77. The number of carbonyl (C=O) groups excluding carboxylic acids is 1. The minimum absolute atomic E-state index is 0.0178. The van der Waals surface area contributed by atoms with E-state index in [9.17, 15) is 13.2 Å².